The standard InChI is InChI=1S/C12H18N2OS.ClH/c1-9-4-5-11(16-9)7-12(15)14-8-10-3-2-6-13-10;/h4-5,10,13H,2-3,6-8H2,1H3,(H,14,15);1H. The minimum Gasteiger partial charge on any atom is -0.354 e. The average Bonchev–Trinajstić information content (AvgIpc) is 2.87. The highest BCUT2D eigenvalue weighted by molar-refractivity contribution is 7.12. The van der Waals surface area contributed by atoms with Gasteiger partial charge in [0.2, 0.25) is 5.91 Å². The van der Waals surface area contributed by atoms with E-state index in [1.54, 1.807) is 11.3 Å². The predicted octanol–water partition coefficient (Wildman–Crippen LogP) is 1.89. The Morgan fingerprint density at radius 2 is 2.41 bits per heavy atom. The third-order valence-corrected chi connectivity index (χ3v) is 3.84. The Hall–Kier alpha value is -0.580. The molecule has 1 aliphatic heterocycles. The molecular weight excluding hydrogens is 256 g/mol. The molecule has 0 aliphatic carbocycles. The van der Waals surface area contributed by atoms with Crippen LogP contribution < -0.4 is 10.6 Å². The van der Waals surface area contributed by atoms with Crippen molar-refractivity contribution in [3.63, 3.8) is 0 Å². The first-order chi connectivity index (χ1) is 7.74. The molecular formula is C12H19ClN2OS. The second-order valence-corrected chi connectivity index (χ2v) is 5.66. The molecule has 3 nitrogen and oxygen atoms in total. The summed E-state index contributed by atoms with van der Waals surface area (Å²) in [4.78, 5) is 14.1. The Labute approximate surface area is 112 Å². The molecule has 1 unspecified atom stereocenters. The van der Waals surface area contributed by atoms with Gasteiger partial charge < -0.3 is 10.6 Å². The molecule has 1 aromatic heterocycles. The Kier molecular flexibility index (Phi) is 5.95. The lowest BCUT2D eigenvalue weighted by atomic mass is 10.2. The number of rotatable bonds is 4. The minimum atomic E-state index is 0. The molecule has 2 N–H and O–H groups in total. The summed E-state index contributed by atoms with van der Waals surface area (Å²) in [6.07, 6.45) is 2.92. The lowest BCUT2D eigenvalue weighted by Crippen LogP contribution is -2.37. The van der Waals surface area contributed by atoms with Crippen LogP contribution >= 0.6 is 23.7 Å². The zero-order chi connectivity index (χ0) is 11.4. The maximum absolute atomic E-state index is 11.6. The molecule has 1 saturated heterocycles. The van der Waals surface area contributed by atoms with Gasteiger partial charge in [0.15, 0.2) is 0 Å². The molecule has 2 rings (SSSR count). The molecule has 1 aliphatic rings. The van der Waals surface area contributed by atoms with Gasteiger partial charge in [0, 0.05) is 22.3 Å². The fourth-order valence-electron chi connectivity index (χ4n) is 1.97. The van der Waals surface area contributed by atoms with Crippen molar-refractivity contribution in [2.24, 2.45) is 0 Å². The molecule has 0 saturated carbocycles. The number of hydrogen-bond donors (Lipinski definition) is 2. The highest BCUT2D eigenvalue weighted by Crippen LogP contribution is 2.15. The largest absolute Gasteiger partial charge is 0.354 e. The molecule has 1 amide bonds. The summed E-state index contributed by atoms with van der Waals surface area (Å²) in [5.41, 5.74) is 0. The number of thiophene rings is 1. The molecule has 2 heterocycles. The summed E-state index contributed by atoms with van der Waals surface area (Å²) in [7, 11) is 0. The SMILES string of the molecule is Cc1ccc(CC(=O)NCC2CCCN2)s1.Cl. The van der Waals surface area contributed by atoms with E-state index in [0.717, 1.165) is 18.0 Å². The number of carbonyl (C=O) groups excluding carboxylic acids is 1. The Bertz CT molecular complexity index is 361. The first-order valence-corrected chi connectivity index (χ1v) is 6.61. The van der Waals surface area contributed by atoms with Gasteiger partial charge in [0.25, 0.3) is 0 Å². The number of amides is 1. The van der Waals surface area contributed by atoms with Crippen molar-refractivity contribution < 1.29 is 4.79 Å². The Morgan fingerprint density at radius 3 is 3.00 bits per heavy atom. The van der Waals surface area contributed by atoms with E-state index in [0.29, 0.717) is 12.5 Å². The molecule has 17 heavy (non-hydrogen) atoms. The molecule has 5 heteroatoms. The van der Waals surface area contributed by atoms with E-state index >= 15 is 0 Å². The topological polar surface area (TPSA) is 41.1 Å². The van der Waals surface area contributed by atoms with Crippen LogP contribution in [0.3, 0.4) is 0 Å². The highest BCUT2D eigenvalue weighted by Gasteiger charge is 2.14. The number of hydrogen-bond acceptors (Lipinski definition) is 3. The van der Waals surface area contributed by atoms with Gasteiger partial charge in [0.1, 0.15) is 0 Å². The second-order valence-electron chi connectivity index (χ2n) is 4.29. The molecule has 1 aromatic rings. The van der Waals surface area contributed by atoms with Gasteiger partial charge in [-0.1, -0.05) is 0 Å². The fourth-order valence-corrected chi connectivity index (χ4v) is 2.86. The van der Waals surface area contributed by atoms with Crippen molar-refractivity contribution in [3.05, 3.63) is 21.9 Å². The van der Waals surface area contributed by atoms with Gasteiger partial charge in [-0.05, 0) is 38.4 Å². The van der Waals surface area contributed by atoms with Crippen LogP contribution in [0, 0.1) is 6.92 Å². The summed E-state index contributed by atoms with van der Waals surface area (Å²) in [6, 6.07) is 4.58. The molecule has 0 bridgehead atoms. The smallest absolute Gasteiger partial charge is 0.225 e. The van der Waals surface area contributed by atoms with Crippen molar-refractivity contribution in [2.75, 3.05) is 13.1 Å². The van der Waals surface area contributed by atoms with E-state index in [4.69, 9.17) is 0 Å². The Balaban J connectivity index is 0.00000144. The Morgan fingerprint density at radius 1 is 1.59 bits per heavy atom. The quantitative estimate of drug-likeness (QED) is 0.880. The summed E-state index contributed by atoms with van der Waals surface area (Å²) < 4.78 is 0. The lowest BCUT2D eigenvalue weighted by Gasteiger charge is -2.10. The molecule has 0 aromatic carbocycles. The van der Waals surface area contributed by atoms with Gasteiger partial charge in [-0.25, -0.2) is 0 Å². The third-order valence-electron chi connectivity index (χ3n) is 2.84. The molecule has 1 atom stereocenters. The number of carbonyl (C=O) groups is 1. The monoisotopic (exact) mass is 274 g/mol. The fraction of sp³-hybridized carbons (Fsp3) is 0.583. The number of nitrogens with one attached hydrogen (secondary N) is 2. The first kappa shape index (κ1) is 14.5. The van der Waals surface area contributed by atoms with E-state index in [1.807, 2.05) is 6.07 Å². The normalized spacial score (nSPS) is 18.8. The van der Waals surface area contributed by atoms with Crippen LogP contribution in [0.1, 0.15) is 22.6 Å². The molecule has 1 fully saturated rings. The highest BCUT2D eigenvalue weighted by atomic mass is 35.5. The molecule has 96 valence electrons. The van der Waals surface area contributed by atoms with Gasteiger partial charge >= 0.3 is 0 Å². The van der Waals surface area contributed by atoms with E-state index in [2.05, 4.69) is 23.6 Å². The third kappa shape index (κ3) is 4.66. The maximum atomic E-state index is 11.6. The summed E-state index contributed by atoms with van der Waals surface area (Å²) in [6.45, 7) is 3.92. The molecule has 0 radical (unpaired) electrons. The number of halogens is 1. The van der Waals surface area contributed by atoms with Crippen LogP contribution in [0.2, 0.25) is 0 Å². The van der Waals surface area contributed by atoms with Crippen molar-refractivity contribution in [1.82, 2.24) is 10.6 Å². The summed E-state index contributed by atoms with van der Waals surface area (Å²) >= 11 is 1.70. The minimum absolute atomic E-state index is 0. The van der Waals surface area contributed by atoms with Crippen LogP contribution in [-0.4, -0.2) is 25.0 Å². The second kappa shape index (κ2) is 6.99. The predicted molar refractivity (Wildman–Crippen MR) is 74.0 cm³/mol. The van der Waals surface area contributed by atoms with Crippen LogP contribution in [-0.2, 0) is 11.2 Å². The average molecular weight is 275 g/mol. The zero-order valence-corrected chi connectivity index (χ0v) is 11.6. The van der Waals surface area contributed by atoms with Crippen LogP contribution in [0.15, 0.2) is 12.1 Å². The van der Waals surface area contributed by atoms with E-state index in [-0.39, 0.29) is 18.3 Å². The summed E-state index contributed by atoms with van der Waals surface area (Å²) in [5, 5.41) is 6.36. The van der Waals surface area contributed by atoms with Crippen molar-refractivity contribution >= 4 is 29.7 Å². The first-order valence-electron chi connectivity index (χ1n) is 5.79. The van der Waals surface area contributed by atoms with Crippen LogP contribution in [0.25, 0.3) is 0 Å². The van der Waals surface area contributed by atoms with Gasteiger partial charge in [-0.15, -0.1) is 23.7 Å². The van der Waals surface area contributed by atoms with E-state index in [1.165, 1.54) is 17.7 Å². The van der Waals surface area contributed by atoms with Crippen molar-refractivity contribution in [1.29, 1.82) is 0 Å². The maximum Gasteiger partial charge on any atom is 0.225 e. The molecule has 0 spiro atoms. The summed E-state index contributed by atoms with van der Waals surface area (Å²) in [5.74, 6) is 0.135. The van der Waals surface area contributed by atoms with Crippen molar-refractivity contribution in [3.8, 4) is 0 Å². The van der Waals surface area contributed by atoms with Crippen molar-refractivity contribution in [2.45, 2.75) is 32.2 Å². The lowest BCUT2D eigenvalue weighted by molar-refractivity contribution is -0.120. The zero-order valence-electron chi connectivity index (χ0n) is 9.99. The van der Waals surface area contributed by atoms with Crippen LogP contribution in [0.5, 0.6) is 0 Å². The van der Waals surface area contributed by atoms with E-state index in [9.17, 15) is 4.79 Å². The van der Waals surface area contributed by atoms with Gasteiger partial charge in [0.05, 0.1) is 6.42 Å². The van der Waals surface area contributed by atoms with Gasteiger partial charge in [-0.2, -0.15) is 0 Å². The number of aryl methyl sites for hydroxylation is 1. The van der Waals surface area contributed by atoms with Gasteiger partial charge in [-0.3, -0.25) is 4.79 Å². The van der Waals surface area contributed by atoms with E-state index < -0.39 is 0 Å². The van der Waals surface area contributed by atoms with Crippen LogP contribution in [0.4, 0.5) is 0 Å².